The summed E-state index contributed by atoms with van der Waals surface area (Å²) < 4.78 is 17.6. The van der Waals surface area contributed by atoms with Gasteiger partial charge < -0.3 is 15.4 Å². The summed E-state index contributed by atoms with van der Waals surface area (Å²) in [5.41, 5.74) is -0.180. The molecule has 6 nitrogen and oxygen atoms in total. The molecule has 0 aliphatic carbocycles. The zero-order valence-electron chi connectivity index (χ0n) is 11.7. The van der Waals surface area contributed by atoms with Crippen LogP contribution in [0.15, 0.2) is 18.3 Å². The summed E-state index contributed by atoms with van der Waals surface area (Å²) >= 11 is 0. The first-order valence-electron chi connectivity index (χ1n) is 6.14. The average molecular weight is 283 g/mol. The molecule has 0 bridgehead atoms. The fraction of sp³-hybridized carbons (Fsp3) is 0.462. The molecule has 0 saturated heterocycles. The first kappa shape index (κ1) is 15.9. The highest BCUT2D eigenvalue weighted by molar-refractivity contribution is 5.90. The number of rotatable bonds is 4. The number of alkyl carbamates (subject to hydrolysis) is 1. The van der Waals surface area contributed by atoms with E-state index in [0.717, 1.165) is 6.07 Å². The van der Waals surface area contributed by atoms with E-state index in [4.69, 9.17) is 4.74 Å². The summed E-state index contributed by atoms with van der Waals surface area (Å²) in [5.74, 6) is -0.927. The Balaban J connectivity index is 2.27. The standard InChI is InChI=1S/C13H18FN3O3/c1-13(2,3)20-12(19)15-7-6-11(18)17-9-4-5-10(14)16-8-9/h4-5,8H,6-7H2,1-3H3,(H,15,19)(H,17,18). The number of aromatic nitrogens is 1. The molecule has 0 spiro atoms. The topological polar surface area (TPSA) is 80.3 Å². The van der Waals surface area contributed by atoms with Gasteiger partial charge in [-0.1, -0.05) is 0 Å². The zero-order chi connectivity index (χ0) is 15.2. The summed E-state index contributed by atoms with van der Waals surface area (Å²) in [7, 11) is 0. The summed E-state index contributed by atoms with van der Waals surface area (Å²) in [4.78, 5) is 26.3. The number of ether oxygens (including phenoxy) is 1. The normalized spacial score (nSPS) is 10.8. The van der Waals surface area contributed by atoms with Crippen molar-refractivity contribution in [2.24, 2.45) is 0 Å². The maximum absolute atomic E-state index is 12.6. The second-order valence-corrected chi connectivity index (χ2v) is 5.10. The second-order valence-electron chi connectivity index (χ2n) is 5.10. The molecule has 2 N–H and O–H groups in total. The predicted octanol–water partition coefficient (Wildman–Crippen LogP) is 2.07. The third-order valence-corrected chi connectivity index (χ3v) is 2.03. The number of amides is 2. The molecule has 110 valence electrons. The molecule has 0 aliphatic heterocycles. The summed E-state index contributed by atoms with van der Waals surface area (Å²) in [5, 5.41) is 5.00. The number of nitrogens with one attached hydrogen (secondary N) is 2. The molecule has 0 fully saturated rings. The van der Waals surface area contributed by atoms with Crippen LogP contribution >= 0.6 is 0 Å². The predicted molar refractivity (Wildman–Crippen MR) is 71.7 cm³/mol. The number of carbonyl (C=O) groups excluding carboxylic acids is 2. The molecule has 1 aromatic rings. The Kier molecular flexibility index (Phi) is 5.42. The fourth-order valence-corrected chi connectivity index (χ4v) is 1.27. The van der Waals surface area contributed by atoms with E-state index in [0.29, 0.717) is 5.69 Å². The molecule has 1 rings (SSSR count). The molecule has 0 aliphatic rings. The van der Waals surface area contributed by atoms with Crippen LogP contribution in [0.3, 0.4) is 0 Å². The minimum Gasteiger partial charge on any atom is -0.444 e. The van der Waals surface area contributed by atoms with E-state index in [2.05, 4.69) is 15.6 Å². The number of hydrogen-bond donors (Lipinski definition) is 2. The Hall–Kier alpha value is -2.18. The largest absolute Gasteiger partial charge is 0.444 e. The lowest BCUT2D eigenvalue weighted by atomic mass is 10.2. The van der Waals surface area contributed by atoms with Crippen molar-refractivity contribution in [2.75, 3.05) is 11.9 Å². The molecule has 2 amide bonds. The third-order valence-electron chi connectivity index (χ3n) is 2.03. The van der Waals surface area contributed by atoms with E-state index in [1.54, 1.807) is 20.8 Å². The highest BCUT2D eigenvalue weighted by Gasteiger charge is 2.15. The summed E-state index contributed by atoms with van der Waals surface area (Å²) in [6.07, 6.45) is 0.722. The van der Waals surface area contributed by atoms with Crippen molar-refractivity contribution in [3.8, 4) is 0 Å². The molecule has 0 unspecified atom stereocenters. The Morgan fingerprint density at radius 3 is 2.60 bits per heavy atom. The van der Waals surface area contributed by atoms with E-state index < -0.39 is 17.6 Å². The van der Waals surface area contributed by atoms with Crippen LogP contribution in [0, 0.1) is 5.95 Å². The van der Waals surface area contributed by atoms with Crippen LogP contribution in [-0.4, -0.2) is 29.1 Å². The van der Waals surface area contributed by atoms with Crippen LogP contribution in [0.5, 0.6) is 0 Å². The summed E-state index contributed by atoms with van der Waals surface area (Å²) in [6, 6.07) is 2.55. The monoisotopic (exact) mass is 283 g/mol. The van der Waals surface area contributed by atoms with Crippen LogP contribution in [0.1, 0.15) is 27.2 Å². The first-order valence-corrected chi connectivity index (χ1v) is 6.14. The van der Waals surface area contributed by atoms with Gasteiger partial charge in [0.05, 0.1) is 11.9 Å². The molecule has 7 heteroatoms. The van der Waals surface area contributed by atoms with Gasteiger partial charge in [0.1, 0.15) is 5.60 Å². The third kappa shape index (κ3) is 6.67. The van der Waals surface area contributed by atoms with Gasteiger partial charge >= 0.3 is 6.09 Å². The van der Waals surface area contributed by atoms with E-state index in [-0.39, 0.29) is 18.9 Å². The Labute approximate surface area is 116 Å². The first-order chi connectivity index (χ1) is 9.26. The number of nitrogens with zero attached hydrogens (tertiary/aromatic N) is 1. The van der Waals surface area contributed by atoms with E-state index >= 15 is 0 Å². The van der Waals surface area contributed by atoms with Crippen LogP contribution in [0.2, 0.25) is 0 Å². The number of anilines is 1. The van der Waals surface area contributed by atoms with Crippen molar-refractivity contribution in [1.29, 1.82) is 0 Å². The van der Waals surface area contributed by atoms with Gasteiger partial charge in [0.15, 0.2) is 0 Å². The zero-order valence-corrected chi connectivity index (χ0v) is 11.7. The Morgan fingerprint density at radius 1 is 1.35 bits per heavy atom. The molecule has 20 heavy (non-hydrogen) atoms. The van der Waals surface area contributed by atoms with Gasteiger partial charge in [-0.15, -0.1) is 0 Å². The van der Waals surface area contributed by atoms with Crippen LogP contribution in [-0.2, 0) is 9.53 Å². The lowest BCUT2D eigenvalue weighted by molar-refractivity contribution is -0.116. The minimum atomic E-state index is -0.616. The van der Waals surface area contributed by atoms with Gasteiger partial charge in [-0.05, 0) is 32.9 Å². The highest BCUT2D eigenvalue weighted by atomic mass is 19.1. The van der Waals surface area contributed by atoms with Crippen LogP contribution in [0.25, 0.3) is 0 Å². The number of pyridine rings is 1. The minimum absolute atomic E-state index is 0.0800. The highest BCUT2D eigenvalue weighted by Crippen LogP contribution is 2.07. The van der Waals surface area contributed by atoms with Gasteiger partial charge in [0, 0.05) is 13.0 Å². The van der Waals surface area contributed by atoms with E-state index in [1.165, 1.54) is 12.3 Å². The van der Waals surface area contributed by atoms with Crippen LogP contribution in [0.4, 0.5) is 14.9 Å². The molecule has 0 atom stereocenters. The number of hydrogen-bond acceptors (Lipinski definition) is 4. The second kappa shape index (κ2) is 6.83. The lowest BCUT2D eigenvalue weighted by Gasteiger charge is -2.19. The molecular weight excluding hydrogens is 265 g/mol. The molecule has 0 radical (unpaired) electrons. The molecular formula is C13H18FN3O3. The number of carbonyl (C=O) groups is 2. The molecule has 0 saturated carbocycles. The molecule has 1 aromatic heterocycles. The number of halogens is 1. The Morgan fingerprint density at radius 2 is 2.05 bits per heavy atom. The van der Waals surface area contributed by atoms with Crippen molar-refractivity contribution in [1.82, 2.24) is 10.3 Å². The van der Waals surface area contributed by atoms with Crippen molar-refractivity contribution in [2.45, 2.75) is 32.8 Å². The van der Waals surface area contributed by atoms with Gasteiger partial charge in [-0.3, -0.25) is 4.79 Å². The maximum Gasteiger partial charge on any atom is 0.407 e. The maximum atomic E-state index is 12.6. The molecule has 1 heterocycles. The van der Waals surface area contributed by atoms with Crippen LogP contribution < -0.4 is 10.6 Å². The van der Waals surface area contributed by atoms with Gasteiger partial charge in [-0.2, -0.15) is 4.39 Å². The van der Waals surface area contributed by atoms with Gasteiger partial charge in [0.25, 0.3) is 0 Å². The average Bonchev–Trinajstić information content (AvgIpc) is 2.29. The SMILES string of the molecule is CC(C)(C)OC(=O)NCCC(=O)Nc1ccc(F)nc1. The van der Waals surface area contributed by atoms with E-state index in [1.807, 2.05) is 0 Å². The Bertz CT molecular complexity index is 469. The van der Waals surface area contributed by atoms with Gasteiger partial charge in [-0.25, -0.2) is 9.78 Å². The summed E-state index contributed by atoms with van der Waals surface area (Å²) in [6.45, 7) is 5.40. The van der Waals surface area contributed by atoms with Crippen molar-refractivity contribution in [3.63, 3.8) is 0 Å². The van der Waals surface area contributed by atoms with E-state index in [9.17, 15) is 14.0 Å². The quantitative estimate of drug-likeness (QED) is 0.829. The smallest absolute Gasteiger partial charge is 0.407 e. The van der Waals surface area contributed by atoms with Crippen molar-refractivity contribution in [3.05, 3.63) is 24.3 Å². The van der Waals surface area contributed by atoms with Crippen molar-refractivity contribution >= 4 is 17.7 Å². The van der Waals surface area contributed by atoms with Crippen molar-refractivity contribution < 1.29 is 18.7 Å². The lowest BCUT2D eigenvalue weighted by Crippen LogP contribution is -2.34. The molecule has 0 aromatic carbocycles. The fourth-order valence-electron chi connectivity index (χ4n) is 1.27. The van der Waals surface area contributed by atoms with Gasteiger partial charge in [0.2, 0.25) is 11.9 Å².